The van der Waals surface area contributed by atoms with E-state index in [-0.39, 0.29) is 25.0 Å². The van der Waals surface area contributed by atoms with Crippen molar-refractivity contribution in [2.45, 2.75) is 43.6 Å². The molecule has 2 amide bonds. The zero-order chi connectivity index (χ0) is 19.6. The van der Waals surface area contributed by atoms with E-state index in [2.05, 4.69) is 5.32 Å². The third-order valence-electron chi connectivity index (χ3n) is 5.68. The maximum absolute atomic E-state index is 12.9. The largest absolute Gasteiger partial charge is 0.445 e. The van der Waals surface area contributed by atoms with Crippen LogP contribution in [0.25, 0.3) is 0 Å². The summed E-state index contributed by atoms with van der Waals surface area (Å²) in [6.07, 6.45) is 1.08. The fourth-order valence-corrected chi connectivity index (χ4v) is 4.32. The van der Waals surface area contributed by atoms with E-state index in [1.165, 1.54) is 0 Å². The smallest absolute Gasteiger partial charge is 0.408 e. The maximum atomic E-state index is 12.9. The maximum Gasteiger partial charge on any atom is 0.408 e. The second kappa shape index (κ2) is 7.64. The molecule has 2 fully saturated rings. The molecule has 0 spiro atoms. The lowest BCUT2D eigenvalue weighted by Gasteiger charge is -2.46. The van der Waals surface area contributed by atoms with E-state index in [1.54, 1.807) is 4.90 Å². The SMILES string of the molecule is O=C(NC1CC(O)(c2ccccc2)C2CCCN2C1=O)OCc1ccccc1. The van der Waals surface area contributed by atoms with Crippen LogP contribution < -0.4 is 5.32 Å². The molecule has 146 valence electrons. The van der Waals surface area contributed by atoms with Gasteiger partial charge in [0.1, 0.15) is 18.2 Å². The number of piperidine rings is 1. The molecule has 0 aliphatic carbocycles. The van der Waals surface area contributed by atoms with Gasteiger partial charge in [-0.15, -0.1) is 0 Å². The molecule has 2 aliphatic heterocycles. The van der Waals surface area contributed by atoms with E-state index in [1.807, 2.05) is 60.7 Å². The molecule has 0 bridgehead atoms. The Balaban J connectivity index is 1.49. The van der Waals surface area contributed by atoms with Gasteiger partial charge in [0.2, 0.25) is 5.91 Å². The summed E-state index contributed by atoms with van der Waals surface area (Å²) >= 11 is 0. The molecular formula is C22H24N2O4. The van der Waals surface area contributed by atoms with Gasteiger partial charge in [0.05, 0.1) is 6.04 Å². The number of aliphatic hydroxyl groups is 1. The summed E-state index contributed by atoms with van der Waals surface area (Å²) in [5.41, 5.74) is 0.445. The molecule has 2 aromatic rings. The van der Waals surface area contributed by atoms with Crippen molar-refractivity contribution in [3.63, 3.8) is 0 Å². The van der Waals surface area contributed by atoms with Gasteiger partial charge >= 0.3 is 6.09 Å². The van der Waals surface area contributed by atoms with Gasteiger partial charge in [-0.25, -0.2) is 4.79 Å². The van der Waals surface area contributed by atoms with E-state index < -0.39 is 17.7 Å². The van der Waals surface area contributed by atoms with Gasteiger partial charge in [-0.2, -0.15) is 0 Å². The molecule has 0 saturated carbocycles. The number of rotatable bonds is 4. The molecule has 6 heteroatoms. The summed E-state index contributed by atoms with van der Waals surface area (Å²) in [7, 11) is 0. The molecule has 4 rings (SSSR count). The number of hydrogen-bond acceptors (Lipinski definition) is 4. The minimum absolute atomic E-state index is 0.128. The minimum Gasteiger partial charge on any atom is -0.445 e. The second-order valence-corrected chi connectivity index (χ2v) is 7.44. The summed E-state index contributed by atoms with van der Waals surface area (Å²) in [6, 6.07) is 17.7. The summed E-state index contributed by atoms with van der Waals surface area (Å²) in [5.74, 6) is -0.153. The summed E-state index contributed by atoms with van der Waals surface area (Å²) in [6.45, 7) is 0.721. The standard InChI is InChI=1S/C22H24N2O4/c25-20-18(23-21(26)28-15-16-8-3-1-4-9-16)14-22(27,17-10-5-2-6-11-17)19-12-7-13-24(19)20/h1-6,8-11,18-19,27H,7,12-15H2,(H,23,26). The average Bonchev–Trinajstić information content (AvgIpc) is 3.23. The van der Waals surface area contributed by atoms with E-state index in [0.717, 1.165) is 24.0 Å². The van der Waals surface area contributed by atoms with Crippen LogP contribution in [0.3, 0.4) is 0 Å². The van der Waals surface area contributed by atoms with Crippen LogP contribution in [0.2, 0.25) is 0 Å². The van der Waals surface area contributed by atoms with Crippen LogP contribution in [-0.4, -0.2) is 40.6 Å². The van der Waals surface area contributed by atoms with Crippen LogP contribution in [0.4, 0.5) is 4.79 Å². The lowest BCUT2D eigenvalue weighted by Crippen LogP contribution is -2.63. The number of carbonyl (C=O) groups excluding carboxylic acids is 2. The number of ether oxygens (including phenoxy) is 1. The monoisotopic (exact) mass is 380 g/mol. The van der Waals surface area contributed by atoms with Gasteiger partial charge in [0.25, 0.3) is 0 Å². The van der Waals surface area contributed by atoms with E-state index in [0.29, 0.717) is 6.54 Å². The Morgan fingerprint density at radius 1 is 1.14 bits per heavy atom. The number of amides is 2. The quantitative estimate of drug-likeness (QED) is 0.855. The van der Waals surface area contributed by atoms with Crippen molar-refractivity contribution in [1.82, 2.24) is 10.2 Å². The average molecular weight is 380 g/mol. The molecule has 0 aromatic heterocycles. The van der Waals surface area contributed by atoms with Crippen LogP contribution in [0.15, 0.2) is 60.7 Å². The molecule has 0 radical (unpaired) electrons. The highest BCUT2D eigenvalue weighted by molar-refractivity contribution is 5.87. The molecule has 2 aromatic carbocycles. The zero-order valence-corrected chi connectivity index (χ0v) is 15.6. The molecule has 2 aliphatic rings. The lowest BCUT2D eigenvalue weighted by molar-refractivity contribution is -0.153. The number of fused-ring (bicyclic) bond motifs is 1. The molecule has 2 saturated heterocycles. The van der Waals surface area contributed by atoms with Crippen LogP contribution in [0.1, 0.15) is 30.4 Å². The van der Waals surface area contributed by atoms with Crippen LogP contribution >= 0.6 is 0 Å². The molecule has 3 unspecified atom stereocenters. The second-order valence-electron chi connectivity index (χ2n) is 7.44. The van der Waals surface area contributed by atoms with Crippen molar-refractivity contribution in [2.24, 2.45) is 0 Å². The number of benzene rings is 2. The topological polar surface area (TPSA) is 78.9 Å². The molecule has 6 nitrogen and oxygen atoms in total. The first-order valence-electron chi connectivity index (χ1n) is 9.63. The Labute approximate surface area is 164 Å². The molecule has 2 heterocycles. The van der Waals surface area contributed by atoms with Crippen molar-refractivity contribution in [3.05, 3.63) is 71.8 Å². The predicted molar refractivity (Wildman–Crippen MR) is 103 cm³/mol. The van der Waals surface area contributed by atoms with Crippen LogP contribution in [-0.2, 0) is 21.7 Å². The van der Waals surface area contributed by atoms with Gasteiger partial charge in [0, 0.05) is 13.0 Å². The molecular weight excluding hydrogens is 356 g/mol. The summed E-state index contributed by atoms with van der Waals surface area (Å²) in [4.78, 5) is 26.9. The Hall–Kier alpha value is -2.86. The third kappa shape index (κ3) is 3.47. The van der Waals surface area contributed by atoms with Gasteiger partial charge in [0.15, 0.2) is 0 Å². The first kappa shape index (κ1) is 18.5. The van der Waals surface area contributed by atoms with Gasteiger partial charge < -0.3 is 20.1 Å². The van der Waals surface area contributed by atoms with Crippen LogP contribution in [0.5, 0.6) is 0 Å². The van der Waals surface area contributed by atoms with E-state index in [4.69, 9.17) is 4.74 Å². The highest BCUT2D eigenvalue weighted by Crippen LogP contribution is 2.42. The van der Waals surface area contributed by atoms with Gasteiger partial charge in [-0.05, 0) is 24.0 Å². The van der Waals surface area contributed by atoms with Crippen molar-refractivity contribution in [1.29, 1.82) is 0 Å². The summed E-state index contributed by atoms with van der Waals surface area (Å²) in [5, 5.41) is 14.2. The fourth-order valence-electron chi connectivity index (χ4n) is 4.32. The van der Waals surface area contributed by atoms with Crippen molar-refractivity contribution in [2.75, 3.05) is 6.54 Å². The predicted octanol–water partition coefficient (Wildman–Crippen LogP) is 2.56. The normalized spacial score (nSPS) is 26.6. The van der Waals surface area contributed by atoms with Crippen molar-refractivity contribution >= 4 is 12.0 Å². The Bertz CT molecular complexity index is 842. The van der Waals surface area contributed by atoms with Crippen LogP contribution in [0, 0.1) is 0 Å². The number of alkyl carbamates (subject to hydrolysis) is 1. The first-order valence-corrected chi connectivity index (χ1v) is 9.63. The highest BCUT2D eigenvalue weighted by atomic mass is 16.5. The zero-order valence-electron chi connectivity index (χ0n) is 15.6. The Morgan fingerprint density at radius 3 is 2.54 bits per heavy atom. The summed E-state index contributed by atoms with van der Waals surface area (Å²) < 4.78 is 5.26. The number of hydrogen-bond donors (Lipinski definition) is 2. The lowest BCUT2D eigenvalue weighted by atomic mass is 9.77. The highest BCUT2D eigenvalue weighted by Gasteiger charge is 2.53. The Kier molecular flexibility index (Phi) is 5.05. The molecule has 3 atom stereocenters. The number of nitrogens with zero attached hydrogens (tertiary/aromatic N) is 1. The van der Waals surface area contributed by atoms with Crippen molar-refractivity contribution in [3.8, 4) is 0 Å². The number of nitrogens with one attached hydrogen (secondary N) is 1. The fraction of sp³-hybridized carbons (Fsp3) is 0.364. The minimum atomic E-state index is -1.19. The van der Waals surface area contributed by atoms with Gasteiger partial charge in [-0.1, -0.05) is 60.7 Å². The van der Waals surface area contributed by atoms with Gasteiger partial charge in [-0.3, -0.25) is 4.79 Å². The first-order chi connectivity index (χ1) is 13.6. The van der Waals surface area contributed by atoms with E-state index >= 15 is 0 Å². The third-order valence-corrected chi connectivity index (χ3v) is 5.68. The molecule has 28 heavy (non-hydrogen) atoms. The van der Waals surface area contributed by atoms with E-state index in [9.17, 15) is 14.7 Å². The number of carbonyl (C=O) groups is 2. The molecule has 2 N–H and O–H groups in total. The Morgan fingerprint density at radius 2 is 1.82 bits per heavy atom. The van der Waals surface area contributed by atoms with Crippen molar-refractivity contribution < 1.29 is 19.4 Å².